The van der Waals surface area contributed by atoms with Gasteiger partial charge in [-0.05, 0) is 19.3 Å². The molecular weight excluding hydrogens is 291 g/mol. The molecule has 110 valence electrons. The number of hydrogen-bond acceptors (Lipinski definition) is 4. The number of hydrogen-bond donors (Lipinski definition) is 1. The van der Waals surface area contributed by atoms with E-state index in [1.165, 1.54) is 0 Å². The third-order valence-electron chi connectivity index (χ3n) is 3.07. The molecule has 0 aromatic rings. The molecule has 0 amide bonds. The molecule has 0 aliphatic carbocycles. The zero-order valence-corrected chi connectivity index (χ0v) is 16.4. The first-order chi connectivity index (χ1) is 8.45. The third kappa shape index (κ3) is 19.5. The van der Waals surface area contributed by atoms with E-state index in [0.717, 1.165) is 57.8 Å². The van der Waals surface area contributed by atoms with Crippen molar-refractivity contribution in [3.63, 3.8) is 0 Å². The Kier molecular flexibility index (Phi) is 17.3. The van der Waals surface area contributed by atoms with Gasteiger partial charge in [0.05, 0.1) is 16.2 Å². The van der Waals surface area contributed by atoms with Crippen LogP contribution in [0, 0.1) is 0 Å². The van der Waals surface area contributed by atoms with Crippen LogP contribution in [0.3, 0.4) is 0 Å². The predicted molar refractivity (Wildman–Crippen MR) is 72.4 cm³/mol. The van der Waals surface area contributed by atoms with Gasteiger partial charge in [-0.15, -0.1) is 0 Å². The van der Waals surface area contributed by atoms with E-state index in [4.69, 9.17) is 0 Å². The van der Waals surface area contributed by atoms with E-state index >= 15 is 0 Å². The maximum Gasteiger partial charge on any atom is 1.00 e. The van der Waals surface area contributed by atoms with Crippen LogP contribution in [-0.4, -0.2) is 29.9 Å². The van der Waals surface area contributed by atoms with Crippen molar-refractivity contribution < 1.29 is 69.5 Å². The quantitative estimate of drug-likeness (QED) is 0.308. The summed E-state index contributed by atoms with van der Waals surface area (Å²) in [6.07, 6.45) is 9.25. The molecule has 0 saturated heterocycles. The van der Waals surface area contributed by atoms with Crippen molar-refractivity contribution in [1.29, 1.82) is 0 Å². The maximum atomic E-state index is 10.3. The minimum Gasteiger partial charge on any atom is -0.748 e. The van der Waals surface area contributed by atoms with E-state index in [0.29, 0.717) is 6.42 Å². The van der Waals surface area contributed by atoms with Crippen LogP contribution < -0.4 is 51.4 Å². The van der Waals surface area contributed by atoms with Gasteiger partial charge in [0.25, 0.3) is 0 Å². The molecule has 6 heteroatoms. The Bertz CT molecular complexity index is 280. The van der Waals surface area contributed by atoms with Gasteiger partial charge in [-0.3, -0.25) is 0 Å². The van der Waals surface area contributed by atoms with Crippen molar-refractivity contribution in [3.8, 4) is 0 Å². The Morgan fingerprint density at radius 2 is 1.42 bits per heavy atom. The van der Waals surface area contributed by atoms with Gasteiger partial charge in [0, 0.05) is 5.75 Å². The summed E-state index contributed by atoms with van der Waals surface area (Å²) in [7, 11) is -4.02. The Hall–Kier alpha value is 1.51. The van der Waals surface area contributed by atoms with Gasteiger partial charge in [0.2, 0.25) is 0 Å². The maximum absolute atomic E-state index is 10.3. The number of unbranched alkanes of at least 4 members (excludes halogenated alkanes) is 6. The standard InChI is InChI=1S/C13H28O4S.K/c1-2-3-10-13(14)11-8-6-4-5-7-9-12-18(15,16)17;/h13-14H,2-12H2,1H3,(H,15,16,17);/q;+1/p-1. The SMILES string of the molecule is CCCCC(O)CCCCCCCCS(=O)(=O)[O-].[K+]. The topological polar surface area (TPSA) is 77.4 Å². The van der Waals surface area contributed by atoms with Gasteiger partial charge in [-0.1, -0.05) is 51.9 Å². The third-order valence-corrected chi connectivity index (χ3v) is 3.86. The van der Waals surface area contributed by atoms with Crippen LogP contribution in [0.25, 0.3) is 0 Å². The minimum absolute atomic E-state index is 0. The van der Waals surface area contributed by atoms with Crippen molar-refractivity contribution in [2.24, 2.45) is 0 Å². The molecule has 4 nitrogen and oxygen atoms in total. The zero-order chi connectivity index (χ0) is 13.9. The Morgan fingerprint density at radius 1 is 0.947 bits per heavy atom. The van der Waals surface area contributed by atoms with Crippen molar-refractivity contribution >= 4 is 10.1 Å². The normalized spacial score (nSPS) is 13.0. The fourth-order valence-electron chi connectivity index (χ4n) is 1.95. The molecular formula is C13H27KO4S. The Balaban J connectivity index is 0. The predicted octanol–water partition coefficient (Wildman–Crippen LogP) is -0.183. The molecule has 0 aromatic carbocycles. The van der Waals surface area contributed by atoms with E-state index in [9.17, 15) is 18.1 Å². The molecule has 0 radical (unpaired) electrons. The molecule has 0 fully saturated rings. The van der Waals surface area contributed by atoms with E-state index in [1.807, 2.05) is 0 Å². The molecule has 0 aliphatic heterocycles. The van der Waals surface area contributed by atoms with Gasteiger partial charge in [0.15, 0.2) is 0 Å². The van der Waals surface area contributed by atoms with Crippen LogP contribution in [0.2, 0.25) is 0 Å². The van der Waals surface area contributed by atoms with Crippen LogP contribution in [0.4, 0.5) is 0 Å². The molecule has 19 heavy (non-hydrogen) atoms. The summed E-state index contributed by atoms with van der Waals surface area (Å²) in [4.78, 5) is 0. The molecule has 1 atom stereocenters. The molecule has 0 aromatic heterocycles. The van der Waals surface area contributed by atoms with E-state index in [-0.39, 0.29) is 63.2 Å². The van der Waals surface area contributed by atoms with Crippen LogP contribution in [0.15, 0.2) is 0 Å². The van der Waals surface area contributed by atoms with Gasteiger partial charge in [-0.25, -0.2) is 8.42 Å². The van der Waals surface area contributed by atoms with Crippen LogP contribution in [-0.2, 0) is 10.1 Å². The molecule has 0 spiro atoms. The van der Waals surface area contributed by atoms with E-state index in [2.05, 4.69) is 6.92 Å². The van der Waals surface area contributed by atoms with Gasteiger partial charge in [-0.2, -0.15) is 0 Å². The largest absolute Gasteiger partial charge is 1.00 e. The first-order valence-electron chi connectivity index (χ1n) is 7.07. The average Bonchev–Trinajstić information content (AvgIpc) is 2.28. The minimum atomic E-state index is -4.02. The Morgan fingerprint density at radius 3 is 1.95 bits per heavy atom. The second-order valence-electron chi connectivity index (χ2n) is 4.97. The smallest absolute Gasteiger partial charge is 0.748 e. The van der Waals surface area contributed by atoms with E-state index < -0.39 is 10.1 Å². The summed E-state index contributed by atoms with van der Waals surface area (Å²) >= 11 is 0. The van der Waals surface area contributed by atoms with Crippen molar-refractivity contribution in [2.45, 2.75) is 77.2 Å². The number of rotatable bonds is 12. The monoisotopic (exact) mass is 318 g/mol. The summed E-state index contributed by atoms with van der Waals surface area (Å²) in [5.74, 6) is -0.233. The zero-order valence-electron chi connectivity index (χ0n) is 12.4. The van der Waals surface area contributed by atoms with Gasteiger partial charge >= 0.3 is 51.4 Å². The van der Waals surface area contributed by atoms with E-state index in [1.54, 1.807) is 0 Å². The van der Waals surface area contributed by atoms with Crippen molar-refractivity contribution in [1.82, 2.24) is 0 Å². The summed E-state index contributed by atoms with van der Waals surface area (Å²) in [5.41, 5.74) is 0. The van der Waals surface area contributed by atoms with Crippen LogP contribution in [0.5, 0.6) is 0 Å². The molecule has 1 N–H and O–H groups in total. The van der Waals surface area contributed by atoms with Crippen molar-refractivity contribution in [2.75, 3.05) is 5.75 Å². The number of aliphatic hydroxyl groups is 1. The Labute approximate surface area is 160 Å². The van der Waals surface area contributed by atoms with Gasteiger partial charge < -0.3 is 9.66 Å². The van der Waals surface area contributed by atoms with Crippen LogP contribution >= 0.6 is 0 Å². The first-order valence-corrected chi connectivity index (χ1v) is 8.65. The molecule has 0 aliphatic rings. The fraction of sp³-hybridized carbons (Fsp3) is 1.00. The number of aliphatic hydroxyl groups excluding tert-OH is 1. The first kappa shape index (κ1) is 22.8. The van der Waals surface area contributed by atoms with Gasteiger partial charge in [0.1, 0.15) is 0 Å². The molecule has 0 saturated carbocycles. The average molecular weight is 319 g/mol. The molecule has 0 heterocycles. The molecule has 0 rings (SSSR count). The fourth-order valence-corrected chi connectivity index (χ4v) is 2.51. The molecule has 1 unspecified atom stereocenters. The summed E-state index contributed by atoms with van der Waals surface area (Å²) in [6, 6.07) is 0. The second-order valence-corrected chi connectivity index (χ2v) is 6.49. The van der Waals surface area contributed by atoms with Crippen molar-refractivity contribution in [3.05, 3.63) is 0 Å². The summed E-state index contributed by atoms with van der Waals surface area (Å²) in [6.45, 7) is 2.12. The summed E-state index contributed by atoms with van der Waals surface area (Å²) < 4.78 is 31.0. The summed E-state index contributed by atoms with van der Waals surface area (Å²) in [5, 5.41) is 9.61. The molecule has 0 bridgehead atoms. The van der Waals surface area contributed by atoms with Crippen LogP contribution in [0.1, 0.15) is 71.1 Å². The second kappa shape index (κ2) is 14.4.